The first-order chi connectivity index (χ1) is 18.0. The third-order valence-electron chi connectivity index (χ3n) is 6.49. The molecule has 1 aliphatic carbocycles. The highest BCUT2D eigenvalue weighted by molar-refractivity contribution is 7.92. The van der Waals surface area contributed by atoms with Crippen molar-refractivity contribution in [1.82, 2.24) is 9.88 Å². The zero-order valence-electron chi connectivity index (χ0n) is 19.5. The number of pyridine rings is 1. The lowest BCUT2D eigenvalue weighted by atomic mass is 10.1. The van der Waals surface area contributed by atoms with Crippen molar-refractivity contribution in [3.63, 3.8) is 0 Å². The highest BCUT2D eigenvalue weighted by atomic mass is 32.2. The average Bonchev–Trinajstić information content (AvgIpc) is 3.66. The summed E-state index contributed by atoms with van der Waals surface area (Å²) in [6, 6.07) is 12.9. The van der Waals surface area contributed by atoms with Crippen LogP contribution in [0, 0.1) is 0 Å². The molecule has 1 saturated heterocycles. The van der Waals surface area contributed by atoms with Crippen molar-refractivity contribution < 1.29 is 36.0 Å². The normalized spacial score (nSPS) is 16.7. The Balaban J connectivity index is 1.41. The second-order valence-corrected chi connectivity index (χ2v) is 10.8. The third-order valence-corrected chi connectivity index (χ3v) is 7.99. The Hall–Kier alpha value is -4.26. The van der Waals surface area contributed by atoms with Crippen molar-refractivity contribution in [1.29, 1.82) is 0 Å². The number of sulfone groups is 1. The largest absolute Gasteiger partial charge is 0.501 e. The van der Waals surface area contributed by atoms with Gasteiger partial charge in [-0.15, -0.1) is 0 Å². The number of alkyl halides is 3. The fourth-order valence-corrected chi connectivity index (χ4v) is 5.09. The molecule has 5 rings (SSSR count). The summed E-state index contributed by atoms with van der Waals surface area (Å²) in [6.07, 6.45) is 3.54. The number of urea groups is 1. The van der Waals surface area contributed by atoms with Crippen LogP contribution in [-0.4, -0.2) is 47.2 Å². The predicted octanol–water partition coefficient (Wildman–Crippen LogP) is 4.13. The number of carbonyl (C=O) groups excluding carboxylic acids is 3. The molecule has 2 heterocycles. The third kappa shape index (κ3) is 4.18. The topological polar surface area (TPSA) is 117 Å². The van der Waals surface area contributed by atoms with Crippen molar-refractivity contribution in [2.45, 2.75) is 35.3 Å². The van der Waals surface area contributed by atoms with Gasteiger partial charge in [0.25, 0.3) is 21.7 Å². The molecule has 196 valence electrons. The number of rotatable bonds is 6. The van der Waals surface area contributed by atoms with E-state index in [4.69, 9.17) is 0 Å². The summed E-state index contributed by atoms with van der Waals surface area (Å²) in [5, 5.41) is 2.75. The van der Waals surface area contributed by atoms with Gasteiger partial charge in [-0.25, -0.2) is 18.1 Å². The molecule has 0 radical (unpaired) electrons. The highest BCUT2D eigenvalue weighted by Gasteiger charge is 2.65. The quantitative estimate of drug-likeness (QED) is 0.467. The number of aromatic nitrogens is 1. The lowest BCUT2D eigenvalue weighted by Crippen LogP contribution is -2.37. The minimum atomic E-state index is -5.58. The van der Waals surface area contributed by atoms with Gasteiger partial charge in [-0.05, 0) is 60.9 Å². The van der Waals surface area contributed by atoms with E-state index in [-0.39, 0.29) is 17.8 Å². The molecule has 3 aromatic rings. The number of hydrogen-bond acceptors (Lipinski definition) is 6. The maximum Gasteiger partial charge on any atom is 0.501 e. The smallest absolute Gasteiger partial charge is 0.322 e. The molecule has 13 heteroatoms. The van der Waals surface area contributed by atoms with Gasteiger partial charge < -0.3 is 10.2 Å². The van der Waals surface area contributed by atoms with Crippen LogP contribution in [0.3, 0.4) is 0 Å². The monoisotopic (exact) mass is 544 g/mol. The highest BCUT2D eigenvalue weighted by Crippen LogP contribution is 2.50. The molecule has 1 saturated carbocycles. The number of nitrogens with one attached hydrogen (secondary N) is 1. The van der Waals surface area contributed by atoms with Gasteiger partial charge in [0.1, 0.15) is 5.54 Å². The maximum atomic E-state index is 13.4. The number of carbonyl (C=O) groups is 3. The Labute approximate surface area is 214 Å². The number of hydrogen-bond donors (Lipinski definition) is 1. The Morgan fingerprint density at radius 3 is 2.26 bits per heavy atom. The molecule has 2 aromatic carbocycles. The molecule has 9 nitrogen and oxygen atoms in total. The molecular formula is C25H19F3N4O5S. The molecule has 1 N–H and O–H groups in total. The maximum absolute atomic E-state index is 13.4. The van der Waals surface area contributed by atoms with Gasteiger partial charge in [0, 0.05) is 24.6 Å². The first-order valence-electron chi connectivity index (χ1n) is 11.3. The number of nitrogens with zero attached hydrogens (tertiary/aromatic N) is 3. The van der Waals surface area contributed by atoms with E-state index < -0.39 is 43.6 Å². The number of anilines is 2. The Kier molecular flexibility index (Phi) is 5.97. The van der Waals surface area contributed by atoms with E-state index in [1.807, 2.05) is 0 Å². The van der Waals surface area contributed by atoms with Crippen molar-refractivity contribution in [3.8, 4) is 0 Å². The van der Waals surface area contributed by atoms with Gasteiger partial charge in [0.15, 0.2) is 0 Å². The van der Waals surface area contributed by atoms with Crippen molar-refractivity contribution in [3.05, 3.63) is 84.2 Å². The summed E-state index contributed by atoms with van der Waals surface area (Å²) in [7, 11) is -5.58. The first-order valence-corrected chi connectivity index (χ1v) is 12.8. The van der Waals surface area contributed by atoms with Gasteiger partial charge in [-0.1, -0.05) is 18.2 Å². The van der Waals surface area contributed by atoms with Crippen LogP contribution in [-0.2, 0) is 21.2 Å². The molecule has 1 spiro atoms. The average molecular weight is 545 g/mol. The summed E-state index contributed by atoms with van der Waals surface area (Å²) in [5.41, 5.74) is -5.50. The van der Waals surface area contributed by atoms with Crippen molar-refractivity contribution in [2.75, 3.05) is 10.2 Å². The second kappa shape index (κ2) is 8.94. The van der Waals surface area contributed by atoms with Gasteiger partial charge in [0.2, 0.25) is 0 Å². The summed E-state index contributed by atoms with van der Waals surface area (Å²) in [4.78, 5) is 44.8. The predicted molar refractivity (Wildman–Crippen MR) is 129 cm³/mol. The molecule has 1 aromatic heterocycles. The standard InChI is InChI=1S/C25H19F3N4O5S/c26-25(27,28)38(36,37)19-8-6-18(7-9-19)32-22(34)24(11-12-24)31(23(32)35)15-16-10-13-29-14-20(16)21(33)30-17-4-2-1-3-5-17/h1-10,13-14H,11-12,15H2,(H,30,33). The lowest BCUT2D eigenvalue weighted by molar-refractivity contribution is -0.120. The molecule has 4 amide bonds. The molecule has 38 heavy (non-hydrogen) atoms. The van der Waals surface area contributed by atoms with E-state index >= 15 is 0 Å². The first kappa shape index (κ1) is 25.4. The summed E-state index contributed by atoms with van der Waals surface area (Å²) in [6.45, 7) is -0.0956. The van der Waals surface area contributed by atoms with Crippen LogP contribution in [0.15, 0.2) is 78.0 Å². The molecule has 0 bridgehead atoms. The van der Waals surface area contributed by atoms with E-state index in [9.17, 15) is 36.0 Å². The van der Waals surface area contributed by atoms with E-state index in [1.54, 1.807) is 36.4 Å². The van der Waals surface area contributed by atoms with Gasteiger partial charge >= 0.3 is 11.5 Å². The lowest BCUT2D eigenvalue weighted by Gasteiger charge is -2.22. The summed E-state index contributed by atoms with van der Waals surface area (Å²) < 4.78 is 62.0. The number of amides is 4. The molecular weight excluding hydrogens is 525 g/mol. The van der Waals surface area contributed by atoms with Gasteiger partial charge in [-0.2, -0.15) is 13.2 Å². The van der Waals surface area contributed by atoms with Crippen LogP contribution in [0.5, 0.6) is 0 Å². The summed E-state index contributed by atoms with van der Waals surface area (Å²) in [5.74, 6) is -1.03. The fourth-order valence-electron chi connectivity index (χ4n) is 4.33. The van der Waals surface area contributed by atoms with E-state index in [2.05, 4.69) is 10.3 Å². The van der Waals surface area contributed by atoms with Crippen LogP contribution >= 0.6 is 0 Å². The molecule has 0 atom stereocenters. The van der Waals surface area contributed by atoms with Crippen LogP contribution in [0.25, 0.3) is 0 Å². The number of benzene rings is 2. The number of halogens is 3. The van der Waals surface area contributed by atoms with Gasteiger partial charge in [-0.3, -0.25) is 14.6 Å². The Bertz CT molecular complexity index is 1540. The van der Waals surface area contributed by atoms with E-state index in [0.717, 1.165) is 17.0 Å². The van der Waals surface area contributed by atoms with Crippen LogP contribution in [0.1, 0.15) is 28.8 Å². The van der Waals surface area contributed by atoms with Crippen molar-refractivity contribution >= 4 is 39.1 Å². The van der Waals surface area contributed by atoms with Crippen molar-refractivity contribution in [2.24, 2.45) is 0 Å². The zero-order chi connectivity index (χ0) is 27.3. The van der Waals surface area contributed by atoms with Gasteiger partial charge in [0.05, 0.1) is 16.1 Å². The minimum Gasteiger partial charge on any atom is -0.322 e. The van der Waals surface area contributed by atoms with Crippen LogP contribution in [0.2, 0.25) is 0 Å². The molecule has 1 aliphatic heterocycles. The van der Waals surface area contributed by atoms with E-state index in [1.165, 1.54) is 17.3 Å². The van der Waals surface area contributed by atoms with E-state index in [0.29, 0.717) is 36.2 Å². The Morgan fingerprint density at radius 2 is 1.66 bits per heavy atom. The van der Waals surface area contributed by atoms with Crippen LogP contribution < -0.4 is 10.2 Å². The number of para-hydroxylation sites is 1. The molecule has 2 aliphatic rings. The fraction of sp³-hybridized carbons (Fsp3) is 0.200. The molecule has 2 fully saturated rings. The Morgan fingerprint density at radius 1 is 1.00 bits per heavy atom. The second-order valence-electron chi connectivity index (χ2n) is 8.84. The molecule has 0 unspecified atom stereocenters. The minimum absolute atomic E-state index is 0.0633. The zero-order valence-corrected chi connectivity index (χ0v) is 20.3. The number of imide groups is 1. The van der Waals surface area contributed by atoms with Crippen LogP contribution in [0.4, 0.5) is 29.3 Å². The summed E-state index contributed by atoms with van der Waals surface area (Å²) >= 11 is 0. The SMILES string of the molecule is O=C(Nc1ccccc1)c1cnccc1CN1C(=O)N(c2ccc(S(=O)(=O)C(F)(F)F)cc2)C(=O)C12CC2.